The van der Waals surface area contributed by atoms with Gasteiger partial charge in [-0.15, -0.1) is 12.4 Å². The summed E-state index contributed by atoms with van der Waals surface area (Å²) in [6, 6.07) is 0.861. The number of nitrogens with one attached hydrogen (secondary N) is 1. The van der Waals surface area contributed by atoms with E-state index in [2.05, 4.69) is 12.2 Å². The zero-order valence-corrected chi connectivity index (χ0v) is 6.84. The van der Waals surface area contributed by atoms with Gasteiger partial charge in [-0.3, -0.25) is 0 Å². The molecule has 0 bridgehead atoms. The van der Waals surface area contributed by atoms with E-state index in [1.54, 1.807) is 0 Å². The van der Waals surface area contributed by atoms with Gasteiger partial charge in [-0.1, -0.05) is 19.8 Å². The minimum atomic E-state index is 0. The summed E-state index contributed by atoms with van der Waals surface area (Å²) in [5.41, 5.74) is 0. The molecule has 1 aliphatic carbocycles. The van der Waals surface area contributed by atoms with Gasteiger partial charge in [-0.2, -0.15) is 0 Å². The Morgan fingerprint density at radius 2 is 1.89 bits per heavy atom. The van der Waals surface area contributed by atoms with Crippen molar-refractivity contribution in [2.24, 2.45) is 0 Å². The van der Waals surface area contributed by atoms with Crippen molar-refractivity contribution in [1.82, 2.24) is 5.32 Å². The van der Waals surface area contributed by atoms with E-state index in [9.17, 15) is 0 Å². The van der Waals surface area contributed by atoms with Crippen LogP contribution in [0, 0.1) is 0 Å². The zero-order chi connectivity index (χ0) is 5.82. The Bertz CT molecular complexity index is 59.9. The molecule has 1 nitrogen and oxygen atoms in total. The van der Waals surface area contributed by atoms with Gasteiger partial charge in [0.1, 0.15) is 0 Å². The molecule has 0 saturated heterocycles. The lowest BCUT2D eigenvalue weighted by atomic mass is 10.2. The zero-order valence-electron chi connectivity index (χ0n) is 6.02. The average molecular weight is 150 g/mol. The second kappa shape index (κ2) is 5.07. The molecule has 9 heavy (non-hydrogen) atoms. The van der Waals surface area contributed by atoms with E-state index in [-0.39, 0.29) is 12.4 Å². The number of hydrogen-bond donors (Lipinski definition) is 1. The van der Waals surface area contributed by atoms with Crippen LogP contribution < -0.4 is 5.32 Å². The maximum absolute atomic E-state index is 3.44. The fourth-order valence-electron chi connectivity index (χ4n) is 1.42. The molecule has 0 radical (unpaired) electrons. The largest absolute Gasteiger partial charge is 0.314 e. The van der Waals surface area contributed by atoms with Gasteiger partial charge >= 0.3 is 0 Å². The molecule has 0 aromatic rings. The predicted molar refractivity (Wildman–Crippen MR) is 43.2 cm³/mol. The van der Waals surface area contributed by atoms with Gasteiger partial charge in [0.05, 0.1) is 0 Å². The van der Waals surface area contributed by atoms with E-state index in [4.69, 9.17) is 0 Å². The van der Waals surface area contributed by atoms with Crippen LogP contribution in [0.15, 0.2) is 0 Å². The van der Waals surface area contributed by atoms with E-state index in [1.165, 1.54) is 25.7 Å². The molecule has 0 spiro atoms. The molecule has 0 aliphatic heterocycles. The van der Waals surface area contributed by atoms with Crippen molar-refractivity contribution >= 4 is 12.4 Å². The second-order valence-corrected chi connectivity index (χ2v) is 2.54. The highest BCUT2D eigenvalue weighted by Crippen LogP contribution is 2.16. The number of rotatable bonds is 2. The van der Waals surface area contributed by atoms with E-state index in [0.29, 0.717) is 0 Å². The second-order valence-electron chi connectivity index (χ2n) is 2.54. The first-order chi connectivity index (χ1) is 3.93. The average Bonchev–Trinajstić information content (AvgIpc) is 2.19. The molecule has 56 valence electrons. The molecule has 0 unspecified atom stereocenters. The highest BCUT2D eigenvalue weighted by molar-refractivity contribution is 5.85. The maximum Gasteiger partial charge on any atom is 0.00669 e. The Morgan fingerprint density at radius 3 is 2.33 bits per heavy atom. The van der Waals surface area contributed by atoms with Crippen LogP contribution in [0.5, 0.6) is 0 Å². The molecule has 0 amide bonds. The van der Waals surface area contributed by atoms with Gasteiger partial charge < -0.3 is 5.32 Å². The fourth-order valence-corrected chi connectivity index (χ4v) is 1.42. The van der Waals surface area contributed by atoms with Gasteiger partial charge in [0.2, 0.25) is 0 Å². The molecule has 1 rings (SSSR count). The predicted octanol–water partition coefficient (Wildman–Crippen LogP) is 1.96. The monoisotopic (exact) mass is 149 g/mol. The molecule has 1 saturated carbocycles. The number of halogens is 1. The van der Waals surface area contributed by atoms with Crippen molar-refractivity contribution in [1.29, 1.82) is 0 Å². The van der Waals surface area contributed by atoms with Crippen LogP contribution >= 0.6 is 12.4 Å². The highest BCUT2D eigenvalue weighted by atomic mass is 35.5. The van der Waals surface area contributed by atoms with Crippen molar-refractivity contribution in [3.05, 3.63) is 0 Å². The molecular weight excluding hydrogens is 134 g/mol. The SMILES string of the molecule is CCNC1CCCC1.Cl. The van der Waals surface area contributed by atoms with E-state index in [0.717, 1.165) is 12.6 Å². The summed E-state index contributed by atoms with van der Waals surface area (Å²) >= 11 is 0. The third kappa shape index (κ3) is 3.07. The van der Waals surface area contributed by atoms with Crippen LogP contribution in [0.4, 0.5) is 0 Å². The molecule has 2 heteroatoms. The van der Waals surface area contributed by atoms with Crippen LogP contribution in [0.25, 0.3) is 0 Å². The highest BCUT2D eigenvalue weighted by Gasteiger charge is 2.11. The topological polar surface area (TPSA) is 12.0 Å². The first-order valence-electron chi connectivity index (χ1n) is 3.67. The summed E-state index contributed by atoms with van der Waals surface area (Å²) < 4.78 is 0. The Morgan fingerprint density at radius 1 is 1.33 bits per heavy atom. The van der Waals surface area contributed by atoms with Gasteiger partial charge in [0.25, 0.3) is 0 Å². The van der Waals surface area contributed by atoms with E-state index in [1.807, 2.05) is 0 Å². The van der Waals surface area contributed by atoms with Gasteiger partial charge in [-0.25, -0.2) is 0 Å². The van der Waals surface area contributed by atoms with Crippen LogP contribution in [0.1, 0.15) is 32.6 Å². The van der Waals surface area contributed by atoms with Crippen molar-refractivity contribution in [2.75, 3.05) is 6.54 Å². The molecule has 1 N–H and O–H groups in total. The maximum atomic E-state index is 3.44. The fraction of sp³-hybridized carbons (Fsp3) is 1.00. The summed E-state index contributed by atoms with van der Waals surface area (Å²) in [5, 5.41) is 3.44. The lowest BCUT2D eigenvalue weighted by Crippen LogP contribution is -2.24. The number of hydrogen-bond acceptors (Lipinski definition) is 1. The molecular formula is C7H16ClN. The first kappa shape index (κ1) is 9.25. The van der Waals surface area contributed by atoms with Crippen molar-refractivity contribution in [3.63, 3.8) is 0 Å². The Labute approximate surface area is 63.6 Å². The van der Waals surface area contributed by atoms with Crippen molar-refractivity contribution in [2.45, 2.75) is 38.6 Å². The van der Waals surface area contributed by atoms with Crippen LogP contribution in [-0.2, 0) is 0 Å². The Hall–Kier alpha value is 0.250. The molecule has 1 aliphatic rings. The third-order valence-corrected chi connectivity index (χ3v) is 1.85. The molecule has 0 aromatic carbocycles. The van der Waals surface area contributed by atoms with Crippen LogP contribution in [0.3, 0.4) is 0 Å². The summed E-state index contributed by atoms with van der Waals surface area (Å²) in [7, 11) is 0. The normalized spacial score (nSPS) is 19.7. The van der Waals surface area contributed by atoms with E-state index >= 15 is 0 Å². The first-order valence-corrected chi connectivity index (χ1v) is 3.67. The van der Waals surface area contributed by atoms with Gasteiger partial charge in [-0.05, 0) is 19.4 Å². The summed E-state index contributed by atoms with van der Waals surface area (Å²) in [5.74, 6) is 0. The summed E-state index contributed by atoms with van der Waals surface area (Å²) in [6.07, 6.45) is 5.71. The molecule has 1 fully saturated rings. The summed E-state index contributed by atoms with van der Waals surface area (Å²) in [6.45, 7) is 3.32. The van der Waals surface area contributed by atoms with Crippen molar-refractivity contribution < 1.29 is 0 Å². The Balaban J connectivity index is 0.000000640. The molecule has 0 aromatic heterocycles. The molecule has 0 atom stereocenters. The quantitative estimate of drug-likeness (QED) is 0.633. The van der Waals surface area contributed by atoms with Crippen molar-refractivity contribution in [3.8, 4) is 0 Å². The smallest absolute Gasteiger partial charge is 0.00669 e. The minimum Gasteiger partial charge on any atom is -0.314 e. The van der Waals surface area contributed by atoms with E-state index < -0.39 is 0 Å². The van der Waals surface area contributed by atoms with Gasteiger partial charge in [0, 0.05) is 6.04 Å². The lowest BCUT2D eigenvalue weighted by molar-refractivity contribution is 0.542. The van der Waals surface area contributed by atoms with Crippen LogP contribution in [0.2, 0.25) is 0 Å². The third-order valence-electron chi connectivity index (χ3n) is 1.85. The standard InChI is InChI=1S/C7H15N.ClH/c1-2-8-7-5-3-4-6-7;/h7-8H,2-6H2,1H3;1H. The minimum absolute atomic E-state index is 0. The van der Waals surface area contributed by atoms with Crippen LogP contribution in [-0.4, -0.2) is 12.6 Å². The Kier molecular flexibility index (Phi) is 5.21. The van der Waals surface area contributed by atoms with Gasteiger partial charge in [0.15, 0.2) is 0 Å². The summed E-state index contributed by atoms with van der Waals surface area (Å²) in [4.78, 5) is 0. The lowest BCUT2D eigenvalue weighted by Gasteiger charge is -2.07. The molecule has 0 heterocycles.